The molecule has 0 spiro atoms. The standard InChI is InChI=1S/C16H21NO3/c1-11(2)13(12-6-4-3-5-7-12)10-14(18)17-16(8-9-16)15(19)20/h3-7,11,13H,8-10H2,1-2H3,(H,17,18)(H,19,20). The Bertz CT molecular complexity index is 492. The smallest absolute Gasteiger partial charge is 0.329 e. The zero-order chi connectivity index (χ0) is 14.8. The number of hydrogen-bond acceptors (Lipinski definition) is 2. The summed E-state index contributed by atoms with van der Waals surface area (Å²) in [7, 11) is 0. The third-order valence-electron chi connectivity index (χ3n) is 3.98. The van der Waals surface area contributed by atoms with E-state index in [4.69, 9.17) is 5.11 Å². The molecule has 0 bridgehead atoms. The quantitative estimate of drug-likeness (QED) is 0.838. The summed E-state index contributed by atoms with van der Waals surface area (Å²) >= 11 is 0. The van der Waals surface area contributed by atoms with Gasteiger partial charge in [0.15, 0.2) is 0 Å². The zero-order valence-corrected chi connectivity index (χ0v) is 11.9. The lowest BCUT2D eigenvalue weighted by Crippen LogP contribution is -2.43. The molecule has 0 aromatic heterocycles. The second kappa shape index (κ2) is 5.65. The molecule has 1 unspecified atom stereocenters. The molecule has 2 N–H and O–H groups in total. The van der Waals surface area contributed by atoms with Crippen molar-refractivity contribution in [2.75, 3.05) is 0 Å². The highest BCUT2D eigenvalue weighted by Crippen LogP contribution is 2.36. The van der Waals surface area contributed by atoms with Gasteiger partial charge in [0, 0.05) is 6.42 Å². The lowest BCUT2D eigenvalue weighted by atomic mass is 9.85. The van der Waals surface area contributed by atoms with Crippen molar-refractivity contribution in [3.63, 3.8) is 0 Å². The number of rotatable bonds is 6. The number of carbonyl (C=O) groups is 2. The SMILES string of the molecule is CC(C)C(CC(=O)NC1(C(=O)O)CC1)c1ccccc1. The van der Waals surface area contributed by atoms with Crippen molar-refractivity contribution in [3.8, 4) is 0 Å². The van der Waals surface area contributed by atoms with Crippen molar-refractivity contribution < 1.29 is 14.7 Å². The Morgan fingerprint density at radius 1 is 1.25 bits per heavy atom. The number of carboxylic acids is 1. The largest absolute Gasteiger partial charge is 0.480 e. The Morgan fingerprint density at radius 2 is 1.85 bits per heavy atom. The van der Waals surface area contributed by atoms with Gasteiger partial charge in [-0.05, 0) is 30.2 Å². The first-order valence-electron chi connectivity index (χ1n) is 7.04. The van der Waals surface area contributed by atoms with Gasteiger partial charge in [-0.2, -0.15) is 0 Å². The van der Waals surface area contributed by atoms with Crippen LogP contribution in [0.4, 0.5) is 0 Å². The minimum absolute atomic E-state index is 0.112. The molecule has 4 heteroatoms. The van der Waals surface area contributed by atoms with E-state index >= 15 is 0 Å². The van der Waals surface area contributed by atoms with Gasteiger partial charge in [-0.1, -0.05) is 44.2 Å². The molecule has 0 aliphatic heterocycles. The molecule has 1 fully saturated rings. The Morgan fingerprint density at radius 3 is 2.30 bits per heavy atom. The molecule has 20 heavy (non-hydrogen) atoms. The van der Waals surface area contributed by atoms with Crippen LogP contribution in [-0.4, -0.2) is 22.5 Å². The van der Waals surface area contributed by atoms with E-state index in [-0.39, 0.29) is 11.8 Å². The first kappa shape index (κ1) is 14.6. The maximum absolute atomic E-state index is 12.1. The van der Waals surface area contributed by atoms with Crippen LogP contribution >= 0.6 is 0 Å². The predicted molar refractivity (Wildman–Crippen MR) is 76.4 cm³/mol. The summed E-state index contributed by atoms with van der Waals surface area (Å²) in [6, 6.07) is 9.90. The Hall–Kier alpha value is -1.84. The van der Waals surface area contributed by atoms with Crippen molar-refractivity contribution >= 4 is 11.9 Å². The van der Waals surface area contributed by atoms with Gasteiger partial charge in [0.05, 0.1) is 0 Å². The minimum atomic E-state index is -0.991. The van der Waals surface area contributed by atoms with Crippen molar-refractivity contribution in [2.24, 2.45) is 5.92 Å². The van der Waals surface area contributed by atoms with Crippen LogP contribution in [0.15, 0.2) is 30.3 Å². The fourth-order valence-corrected chi connectivity index (χ4v) is 2.47. The fraction of sp³-hybridized carbons (Fsp3) is 0.500. The average molecular weight is 275 g/mol. The van der Waals surface area contributed by atoms with Gasteiger partial charge in [0.1, 0.15) is 5.54 Å². The normalized spacial score (nSPS) is 17.6. The molecule has 2 rings (SSSR count). The van der Waals surface area contributed by atoms with E-state index in [0.29, 0.717) is 25.2 Å². The van der Waals surface area contributed by atoms with Crippen LogP contribution in [0.1, 0.15) is 44.6 Å². The Balaban J connectivity index is 2.02. The molecule has 0 radical (unpaired) electrons. The number of benzene rings is 1. The van der Waals surface area contributed by atoms with E-state index in [1.54, 1.807) is 0 Å². The maximum Gasteiger partial charge on any atom is 0.329 e. The topological polar surface area (TPSA) is 66.4 Å². The van der Waals surface area contributed by atoms with Crippen LogP contribution < -0.4 is 5.32 Å². The Labute approximate surface area is 119 Å². The van der Waals surface area contributed by atoms with Gasteiger partial charge in [-0.3, -0.25) is 4.79 Å². The first-order chi connectivity index (χ1) is 9.44. The third kappa shape index (κ3) is 3.18. The van der Waals surface area contributed by atoms with Gasteiger partial charge in [-0.15, -0.1) is 0 Å². The third-order valence-corrected chi connectivity index (χ3v) is 3.98. The summed E-state index contributed by atoms with van der Waals surface area (Å²) in [6.07, 6.45) is 1.40. The van der Waals surface area contributed by atoms with Gasteiger partial charge in [0.25, 0.3) is 0 Å². The number of hydrogen-bond donors (Lipinski definition) is 2. The number of amides is 1. The molecule has 108 valence electrons. The van der Waals surface area contributed by atoms with Gasteiger partial charge < -0.3 is 10.4 Å². The molecular weight excluding hydrogens is 254 g/mol. The highest BCUT2D eigenvalue weighted by molar-refractivity contribution is 5.89. The molecule has 1 aliphatic rings. The van der Waals surface area contributed by atoms with E-state index in [9.17, 15) is 9.59 Å². The second-order valence-electron chi connectivity index (χ2n) is 5.90. The summed E-state index contributed by atoms with van der Waals surface area (Å²) in [5, 5.41) is 11.8. The summed E-state index contributed by atoms with van der Waals surface area (Å²) in [6.45, 7) is 4.16. The van der Waals surface area contributed by atoms with Crippen LogP contribution in [0, 0.1) is 5.92 Å². The van der Waals surface area contributed by atoms with Gasteiger partial charge in [0.2, 0.25) is 5.91 Å². The minimum Gasteiger partial charge on any atom is -0.480 e. The lowest BCUT2D eigenvalue weighted by Gasteiger charge is -2.22. The van der Waals surface area contributed by atoms with Gasteiger partial charge in [-0.25, -0.2) is 4.79 Å². The number of aliphatic carboxylic acids is 1. The van der Waals surface area contributed by atoms with Crippen LogP contribution in [0.3, 0.4) is 0 Å². The van der Waals surface area contributed by atoms with Crippen LogP contribution in [0.2, 0.25) is 0 Å². The van der Waals surface area contributed by atoms with Crippen molar-refractivity contribution in [2.45, 2.75) is 44.6 Å². The first-order valence-corrected chi connectivity index (χ1v) is 7.04. The maximum atomic E-state index is 12.1. The van der Waals surface area contributed by atoms with Crippen LogP contribution in [-0.2, 0) is 9.59 Å². The summed E-state index contributed by atoms with van der Waals surface area (Å²) in [5.41, 5.74) is 0.132. The van der Waals surface area contributed by atoms with E-state index < -0.39 is 11.5 Å². The second-order valence-corrected chi connectivity index (χ2v) is 5.90. The average Bonchev–Trinajstić information content (AvgIpc) is 3.17. The van der Waals surface area contributed by atoms with Crippen molar-refractivity contribution in [1.29, 1.82) is 0 Å². The summed E-state index contributed by atoms with van der Waals surface area (Å²) in [4.78, 5) is 23.2. The molecular formula is C16H21NO3. The van der Waals surface area contributed by atoms with Crippen molar-refractivity contribution in [3.05, 3.63) is 35.9 Å². The van der Waals surface area contributed by atoms with Gasteiger partial charge >= 0.3 is 5.97 Å². The molecule has 1 amide bonds. The molecule has 1 aliphatic carbocycles. The number of carbonyl (C=O) groups excluding carboxylic acids is 1. The molecule has 1 aromatic carbocycles. The van der Waals surface area contributed by atoms with Crippen LogP contribution in [0.25, 0.3) is 0 Å². The Kier molecular flexibility index (Phi) is 4.12. The summed E-state index contributed by atoms with van der Waals surface area (Å²) < 4.78 is 0. The molecule has 1 aromatic rings. The molecule has 4 nitrogen and oxygen atoms in total. The fourth-order valence-electron chi connectivity index (χ4n) is 2.47. The van der Waals surface area contributed by atoms with Crippen molar-refractivity contribution in [1.82, 2.24) is 5.32 Å². The summed E-state index contributed by atoms with van der Waals surface area (Å²) in [5.74, 6) is -0.664. The van der Waals surface area contributed by atoms with E-state index in [0.717, 1.165) is 5.56 Å². The molecule has 1 saturated carbocycles. The van der Waals surface area contributed by atoms with E-state index in [1.807, 2.05) is 30.3 Å². The molecule has 1 atom stereocenters. The van der Waals surface area contributed by atoms with E-state index in [2.05, 4.69) is 19.2 Å². The highest BCUT2D eigenvalue weighted by Gasteiger charge is 2.51. The molecule has 0 heterocycles. The highest BCUT2D eigenvalue weighted by atomic mass is 16.4. The lowest BCUT2D eigenvalue weighted by molar-refractivity contribution is -0.143. The predicted octanol–water partition coefficient (Wildman–Crippen LogP) is 2.55. The molecule has 0 saturated heterocycles. The van der Waals surface area contributed by atoms with Crippen LogP contribution in [0.5, 0.6) is 0 Å². The zero-order valence-electron chi connectivity index (χ0n) is 11.9. The van der Waals surface area contributed by atoms with E-state index in [1.165, 1.54) is 0 Å². The number of nitrogens with one attached hydrogen (secondary N) is 1. The number of carboxylic acid groups (broad SMARTS) is 1. The monoisotopic (exact) mass is 275 g/mol.